The van der Waals surface area contributed by atoms with E-state index < -0.39 is 63.9 Å². The number of amides is 4. The predicted octanol–water partition coefficient (Wildman–Crippen LogP) is 5.28. The first-order valence-electron chi connectivity index (χ1n) is 29.6. The number of aromatic nitrogens is 8. The summed E-state index contributed by atoms with van der Waals surface area (Å²) < 4.78 is 107. The van der Waals surface area contributed by atoms with Gasteiger partial charge >= 0.3 is 0 Å². The number of ether oxygens (including phenoxy) is 8. The number of halogens is 4. The lowest BCUT2D eigenvalue weighted by Crippen LogP contribution is -2.43. The topological polar surface area (TPSA) is 393 Å². The number of benzene rings is 2. The van der Waals surface area contributed by atoms with E-state index >= 15 is 0 Å². The molecule has 2 aromatic carbocycles. The molecule has 0 saturated carbocycles. The molecule has 0 aliphatic rings. The Morgan fingerprint density at radius 1 is 0.505 bits per heavy atom. The Balaban J connectivity index is 0.950. The fourth-order valence-corrected chi connectivity index (χ4v) is 9.48. The first-order chi connectivity index (χ1) is 45.7. The summed E-state index contributed by atoms with van der Waals surface area (Å²) in [6.07, 6.45) is 3.13. The van der Waals surface area contributed by atoms with E-state index in [0.717, 1.165) is 24.3 Å². The van der Waals surface area contributed by atoms with Gasteiger partial charge < -0.3 is 68.3 Å². The monoisotopic (exact) mass is 1330 g/mol. The number of ketones is 2. The summed E-state index contributed by atoms with van der Waals surface area (Å²) in [5.41, 5.74) is 18.1. The van der Waals surface area contributed by atoms with Crippen molar-refractivity contribution in [3.05, 3.63) is 149 Å². The average Bonchev–Trinajstić information content (AvgIpc) is 1.64. The van der Waals surface area contributed by atoms with Crippen LogP contribution in [0.4, 0.5) is 28.9 Å². The summed E-state index contributed by atoms with van der Waals surface area (Å²) in [4.78, 5) is 84.8. The smallest absolute Gasteiger partial charge is 0.292 e. The summed E-state index contributed by atoms with van der Waals surface area (Å²) in [6, 6.07) is 5.74. The van der Waals surface area contributed by atoms with Gasteiger partial charge in [0, 0.05) is 71.9 Å². The van der Waals surface area contributed by atoms with E-state index in [9.17, 15) is 46.3 Å². The number of anilines is 2. The maximum atomic E-state index is 13.8. The second-order valence-corrected chi connectivity index (χ2v) is 21.2. The number of rotatable bonds is 44. The highest BCUT2D eigenvalue weighted by molar-refractivity contribution is 6.44. The molecule has 0 aliphatic heterocycles. The highest BCUT2D eigenvalue weighted by Crippen LogP contribution is 2.26. The molecule has 0 bridgehead atoms. The van der Waals surface area contributed by atoms with Gasteiger partial charge in [0.05, 0.1) is 161 Å². The SMILES string of the molecule is Cc1c(C(=O)C(=O)NCc2cn(CCOCCOCC(COCCOCCN=[N+]=[N-])(COCCOCCN=[N+]=[N-])COCCOCCn3cc(CNC(=O)C(=O)c4c(C)c(C(=O)Nc5ccc(F)c(F)c5)n(C)c4C)nn3)nn2)c(C)n(C)c1C(=O)Nc1ccc(F)c(F)c1. The summed E-state index contributed by atoms with van der Waals surface area (Å²) in [5.74, 6) is -9.62. The van der Waals surface area contributed by atoms with Gasteiger partial charge in [-0.25, -0.2) is 26.9 Å². The van der Waals surface area contributed by atoms with Crippen LogP contribution in [0.3, 0.4) is 0 Å². The summed E-state index contributed by atoms with van der Waals surface area (Å²) in [6.45, 7) is 9.03. The van der Waals surface area contributed by atoms with Crippen molar-refractivity contribution in [1.29, 1.82) is 0 Å². The lowest BCUT2D eigenvalue weighted by Gasteiger charge is -2.33. The maximum absolute atomic E-state index is 13.8. The molecule has 36 heteroatoms. The van der Waals surface area contributed by atoms with Gasteiger partial charge in [0.2, 0.25) is 0 Å². The number of azide groups is 2. The molecule has 4 N–H and O–H groups in total. The van der Waals surface area contributed by atoms with Crippen molar-refractivity contribution < 1.29 is 84.2 Å². The van der Waals surface area contributed by atoms with E-state index in [-0.39, 0.29) is 190 Å². The molecule has 4 amide bonds. The molecule has 95 heavy (non-hydrogen) atoms. The van der Waals surface area contributed by atoms with Crippen molar-refractivity contribution >= 4 is 46.6 Å². The third-order valence-corrected chi connectivity index (χ3v) is 14.4. The zero-order valence-electron chi connectivity index (χ0n) is 53.2. The van der Waals surface area contributed by atoms with Crippen molar-refractivity contribution in [2.75, 3.05) is 129 Å². The van der Waals surface area contributed by atoms with Crippen LogP contribution in [0.15, 0.2) is 59.0 Å². The van der Waals surface area contributed by atoms with Crippen LogP contribution < -0.4 is 21.3 Å². The third-order valence-electron chi connectivity index (χ3n) is 14.4. The molecule has 512 valence electrons. The van der Waals surface area contributed by atoms with Crippen molar-refractivity contribution in [3.63, 3.8) is 0 Å². The largest absolute Gasteiger partial charge is 0.379 e. The van der Waals surface area contributed by atoms with Crippen LogP contribution in [0.25, 0.3) is 20.9 Å². The standard InChI is InChI=1S/C59H74F4N18O14/c1-37-49(39(3)78(5)51(37)55(84)70-41-7-9-45(60)47(62)27-41)53(82)57(86)66-29-43-31-80(76-72-43)13-17-90-21-25-94-35-59(33-92-23-19-88-15-11-68-74-64,34-93-24-20-89-16-12-69-75-65)36-95-26-22-91-18-14-81-32-44(73-77-81)30-67-58(87)54(83)50-38(2)52(79(6)40(50)4)56(85)71-42-8-10-46(61)48(63)28-42/h7-10,27-28,31-32H,11-26,29-30,33-36H2,1-6H3,(H,66,86)(H,67,87)(H,70,84)(H,71,85). The Kier molecular flexibility index (Phi) is 29.8. The minimum Gasteiger partial charge on any atom is -0.379 e. The number of nitrogens with zero attached hydrogens (tertiary/aromatic N) is 14. The van der Waals surface area contributed by atoms with E-state index in [2.05, 4.69) is 61.9 Å². The van der Waals surface area contributed by atoms with Crippen LogP contribution in [0.2, 0.25) is 0 Å². The second kappa shape index (κ2) is 38.0. The number of hydrogen-bond acceptors (Lipinski definition) is 20. The molecule has 32 nitrogen and oxygen atoms in total. The average molecular weight is 1340 g/mol. The van der Waals surface area contributed by atoms with Crippen molar-refractivity contribution in [1.82, 2.24) is 49.8 Å². The van der Waals surface area contributed by atoms with E-state index in [4.69, 9.17) is 49.0 Å². The molecular weight excluding hydrogens is 1260 g/mol. The van der Waals surface area contributed by atoms with Crippen molar-refractivity contribution in [2.24, 2.45) is 29.7 Å². The Morgan fingerprint density at radius 3 is 1.20 bits per heavy atom. The molecule has 0 atom stereocenters. The van der Waals surface area contributed by atoms with Gasteiger partial charge in [-0.3, -0.25) is 28.8 Å². The molecule has 4 heterocycles. The molecule has 4 aromatic heterocycles. The minimum atomic E-state index is -1.16. The van der Waals surface area contributed by atoms with Crippen LogP contribution in [-0.4, -0.2) is 193 Å². The van der Waals surface area contributed by atoms with Gasteiger partial charge in [0.1, 0.15) is 22.8 Å². The Hall–Kier alpha value is -9.48. The third kappa shape index (κ3) is 22.3. The molecule has 0 aliphatic carbocycles. The lowest BCUT2D eigenvalue weighted by atomic mass is 9.92. The molecule has 0 unspecified atom stereocenters. The second-order valence-electron chi connectivity index (χ2n) is 21.2. The first kappa shape index (κ1) is 74.6. The number of hydrogen-bond donors (Lipinski definition) is 4. The van der Waals surface area contributed by atoms with Crippen molar-refractivity contribution in [2.45, 2.75) is 53.9 Å². The van der Waals surface area contributed by atoms with Crippen LogP contribution in [-0.2, 0) is 87.8 Å². The van der Waals surface area contributed by atoms with Gasteiger partial charge in [-0.05, 0) is 74.1 Å². The Morgan fingerprint density at radius 2 is 0.853 bits per heavy atom. The molecule has 6 aromatic rings. The fraction of sp³-hybridized carbons (Fsp3) is 0.492. The molecule has 0 saturated heterocycles. The Labute approximate surface area is 541 Å². The van der Waals surface area contributed by atoms with Gasteiger partial charge in [0.25, 0.3) is 35.2 Å². The number of Topliss-reactive ketones (excluding diaryl/α,β-unsaturated/α-hetero) is 2. The normalized spacial score (nSPS) is 11.3. The highest BCUT2D eigenvalue weighted by Gasteiger charge is 2.34. The number of carbonyl (C=O) groups is 6. The lowest BCUT2D eigenvalue weighted by molar-refractivity contribution is -0.121. The minimum absolute atomic E-state index is 0.00262. The van der Waals surface area contributed by atoms with Gasteiger partial charge in [-0.15, -0.1) is 10.2 Å². The summed E-state index contributed by atoms with van der Waals surface area (Å²) in [7, 11) is 3.06. The van der Waals surface area contributed by atoms with E-state index in [1.54, 1.807) is 26.2 Å². The fourth-order valence-electron chi connectivity index (χ4n) is 9.48. The highest BCUT2D eigenvalue weighted by atomic mass is 19.2. The van der Waals surface area contributed by atoms with Crippen molar-refractivity contribution in [3.8, 4) is 0 Å². The van der Waals surface area contributed by atoms with Crippen LogP contribution in [0.5, 0.6) is 0 Å². The zero-order valence-corrected chi connectivity index (χ0v) is 53.2. The molecule has 6 rings (SSSR count). The van der Waals surface area contributed by atoms with Gasteiger partial charge in [-0.2, -0.15) is 0 Å². The first-order valence-corrected chi connectivity index (χ1v) is 29.6. The molecule has 0 spiro atoms. The molecular formula is C59H74F4N18O14. The van der Waals surface area contributed by atoms with Gasteiger partial charge in [0.15, 0.2) is 23.3 Å². The van der Waals surface area contributed by atoms with Crippen LogP contribution in [0.1, 0.15) is 75.6 Å². The zero-order chi connectivity index (χ0) is 68.9. The molecule has 0 radical (unpaired) electrons. The molecule has 0 fully saturated rings. The van der Waals surface area contributed by atoms with E-state index in [1.807, 2.05) is 0 Å². The summed E-state index contributed by atoms with van der Waals surface area (Å²) >= 11 is 0. The van der Waals surface area contributed by atoms with E-state index in [1.165, 1.54) is 58.6 Å². The number of carbonyl (C=O) groups excluding carboxylic acids is 6. The van der Waals surface area contributed by atoms with E-state index in [0.29, 0.717) is 22.8 Å². The number of nitrogens with one attached hydrogen (secondary N) is 4. The van der Waals surface area contributed by atoms with Crippen LogP contribution >= 0.6 is 0 Å². The Bertz CT molecular complexity index is 3480. The predicted molar refractivity (Wildman–Crippen MR) is 328 cm³/mol. The quantitative estimate of drug-likeness (QED) is 0.00719. The summed E-state index contributed by atoms with van der Waals surface area (Å²) in [5, 5.41) is 33.2. The van der Waals surface area contributed by atoms with Crippen LogP contribution in [0, 0.1) is 56.4 Å². The maximum Gasteiger partial charge on any atom is 0.292 e. The van der Waals surface area contributed by atoms with Gasteiger partial charge in [-0.1, -0.05) is 20.7 Å².